The maximum atomic E-state index is 12.0. The lowest BCUT2D eigenvalue weighted by Gasteiger charge is -2.08. The van der Waals surface area contributed by atoms with Crippen molar-refractivity contribution < 1.29 is 19.2 Å². The number of nitrogens with one attached hydrogen (secondary N) is 2. The zero-order valence-corrected chi connectivity index (χ0v) is 13.5. The Hall–Kier alpha value is -3.42. The highest BCUT2D eigenvalue weighted by molar-refractivity contribution is 5.96. The number of nitro groups is 1. The van der Waals surface area contributed by atoms with Crippen molar-refractivity contribution >= 4 is 23.3 Å². The molecule has 0 spiro atoms. The number of hydrogen-bond acceptors (Lipinski definition) is 6. The molecule has 0 heterocycles. The largest absolute Gasteiger partial charge is 0.465 e. The Balaban J connectivity index is 1.78. The number of non-ortho nitro benzene ring substituents is 1. The van der Waals surface area contributed by atoms with Crippen LogP contribution in [0, 0.1) is 10.1 Å². The van der Waals surface area contributed by atoms with E-state index in [1.807, 2.05) is 0 Å². The molecule has 0 bridgehead atoms. The highest BCUT2D eigenvalue weighted by Gasteiger charge is 2.08. The summed E-state index contributed by atoms with van der Waals surface area (Å²) in [5.74, 6) is -0.721. The number of nitrogens with zero attached hydrogens (tertiary/aromatic N) is 1. The van der Waals surface area contributed by atoms with Crippen LogP contribution < -0.4 is 10.6 Å². The standard InChI is InChI=1S/C17H17N3O5/c1-25-17(22)13-4-2-12(3-5-13)16(21)19-11-10-18-14-6-8-15(9-7-14)20(23)24/h2-9,18H,10-11H2,1H3,(H,19,21). The van der Waals surface area contributed by atoms with E-state index >= 15 is 0 Å². The highest BCUT2D eigenvalue weighted by atomic mass is 16.6. The zero-order chi connectivity index (χ0) is 18.2. The van der Waals surface area contributed by atoms with Crippen molar-refractivity contribution in [1.29, 1.82) is 0 Å². The van der Waals surface area contributed by atoms with Crippen molar-refractivity contribution in [1.82, 2.24) is 5.32 Å². The fourth-order valence-corrected chi connectivity index (χ4v) is 2.06. The van der Waals surface area contributed by atoms with Gasteiger partial charge in [-0.05, 0) is 36.4 Å². The summed E-state index contributed by atoms with van der Waals surface area (Å²) in [6.45, 7) is 0.832. The van der Waals surface area contributed by atoms with E-state index in [4.69, 9.17) is 0 Å². The lowest BCUT2D eigenvalue weighted by molar-refractivity contribution is -0.384. The average molecular weight is 343 g/mol. The molecule has 2 N–H and O–H groups in total. The van der Waals surface area contributed by atoms with Crippen LogP contribution in [-0.2, 0) is 4.74 Å². The Morgan fingerprint density at radius 1 is 1.00 bits per heavy atom. The molecule has 0 atom stereocenters. The summed E-state index contributed by atoms with van der Waals surface area (Å²) in [6, 6.07) is 12.2. The van der Waals surface area contributed by atoms with Crippen molar-refractivity contribution in [2.24, 2.45) is 0 Å². The normalized spacial score (nSPS) is 9.96. The van der Waals surface area contributed by atoms with Gasteiger partial charge in [0.15, 0.2) is 0 Å². The van der Waals surface area contributed by atoms with Crippen molar-refractivity contribution in [2.75, 3.05) is 25.5 Å². The second kappa shape index (κ2) is 8.44. The summed E-state index contributed by atoms with van der Waals surface area (Å²) in [7, 11) is 1.29. The number of rotatable bonds is 7. The smallest absolute Gasteiger partial charge is 0.337 e. The van der Waals surface area contributed by atoms with E-state index in [2.05, 4.69) is 15.4 Å². The Morgan fingerprint density at radius 2 is 1.60 bits per heavy atom. The summed E-state index contributed by atoms with van der Waals surface area (Å²) in [5, 5.41) is 16.4. The van der Waals surface area contributed by atoms with E-state index < -0.39 is 10.9 Å². The SMILES string of the molecule is COC(=O)c1ccc(C(=O)NCCNc2ccc([N+](=O)[O-])cc2)cc1. The first-order valence-corrected chi connectivity index (χ1v) is 7.46. The predicted octanol–water partition coefficient (Wildman–Crippen LogP) is 2.22. The van der Waals surface area contributed by atoms with Gasteiger partial charge in [-0.3, -0.25) is 14.9 Å². The molecular weight excluding hydrogens is 326 g/mol. The van der Waals surface area contributed by atoms with Crippen molar-refractivity contribution in [3.63, 3.8) is 0 Å². The number of benzene rings is 2. The van der Waals surface area contributed by atoms with Crippen LogP contribution in [-0.4, -0.2) is 37.0 Å². The van der Waals surface area contributed by atoms with Crippen LogP contribution >= 0.6 is 0 Å². The number of methoxy groups -OCH3 is 1. The summed E-state index contributed by atoms with van der Waals surface area (Å²) >= 11 is 0. The maximum Gasteiger partial charge on any atom is 0.337 e. The summed E-state index contributed by atoms with van der Waals surface area (Å²) in [5.41, 5.74) is 1.55. The van der Waals surface area contributed by atoms with E-state index in [0.29, 0.717) is 24.2 Å². The van der Waals surface area contributed by atoms with Crippen molar-refractivity contribution in [3.05, 3.63) is 69.8 Å². The first-order chi connectivity index (χ1) is 12.0. The van der Waals surface area contributed by atoms with Gasteiger partial charge in [-0.15, -0.1) is 0 Å². The van der Waals surface area contributed by atoms with E-state index in [1.165, 1.54) is 31.4 Å². The molecular formula is C17H17N3O5. The lowest BCUT2D eigenvalue weighted by Crippen LogP contribution is -2.28. The number of anilines is 1. The molecule has 0 radical (unpaired) electrons. The van der Waals surface area contributed by atoms with Crippen molar-refractivity contribution in [2.45, 2.75) is 0 Å². The predicted molar refractivity (Wildman–Crippen MR) is 91.7 cm³/mol. The number of carbonyl (C=O) groups is 2. The molecule has 2 aromatic rings. The molecule has 0 aliphatic carbocycles. The Kier molecular flexibility index (Phi) is 6.05. The van der Waals surface area contributed by atoms with E-state index in [0.717, 1.165) is 5.69 Å². The Morgan fingerprint density at radius 3 is 2.16 bits per heavy atom. The number of amides is 1. The van der Waals surface area contributed by atoms with Crippen LogP contribution in [0.5, 0.6) is 0 Å². The van der Waals surface area contributed by atoms with Gasteiger partial charge >= 0.3 is 5.97 Å². The fraction of sp³-hybridized carbons (Fsp3) is 0.176. The molecule has 0 saturated heterocycles. The molecule has 2 aromatic carbocycles. The van der Waals surface area contributed by atoms with E-state index in [9.17, 15) is 19.7 Å². The minimum Gasteiger partial charge on any atom is -0.465 e. The second-order valence-electron chi connectivity index (χ2n) is 5.06. The number of ether oxygens (including phenoxy) is 1. The van der Waals surface area contributed by atoms with Gasteiger partial charge < -0.3 is 15.4 Å². The number of esters is 1. The van der Waals surface area contributed by atoms with Gasteiger partial charge in [-0.1, -0.05) is 0 Å². The van der Waals surface area contributed by atoms with E-state index in [-0.39, 0.29) is 11.6 Å². The minimum atomic E-state index is -0.463. The maximum absolute atomic E-state index is 12.0. The summed E-state index contributed by atoms with van der Waals surface area (Å²) in [6.07, 6.45) is 0. The fourth-order valence-electron chi connectivity index (χ4n) is 2.06. The number of hydrogen-bond donors (Lipinski definition) is 2. The van der Waals surface area contributed by atoms with Gasteiger partial charge in [-0.2, -0.15) is 0 Å². The van der Waals surface area contributed by atoms with Gasteiger partial charge in [0.1, 0.15) is 0 Å². The third-order valence-electron chi connectivity index (χ3n) is 3.39. The lowest BCUT2D eigenvalue weighted by atomic mass is 10.1. The van der Waals surface area contributed by atoms with Crippen LogP contribution in [0.2, 0.25) is 0 Å². The Bertz CT molecular complexity index is 757. The van der Waals surface area contributed by atoms with Crippen LogP contribution in [0.4, 0.5) is 11.4 Å². The minimum absolute atomic E-state index is 0.0225. The van der Waals surface area contributed by atoms with Crippen LogP contribution in [0.1, 0.15) is 20.7 Å². The molecule has 0 aliphatic rings. The number of nitro benzene ring substituents is 1. The third kappa shape index (κ3) is 5.03. The van der Waals surface area contributed by atoms with Gasteiger partial charge in [-0.25, -0.2) is 4.79 Å². The highest BCUT2D eigenvalue weighted by Crippen LogP contribution is 2.14. The van der Waals surface area contributed by atoms with E-state index in [1.54, 1.807) is 24.3 Å². The molecule has 0 aliphatic heterocycles. The Labute approximate surface area is 144 Å². The quantitative estimate of drug-likeness (QED) is 0.345. The van der Waals surface area contributed by atoms with Gasteiger partial charge in [0.2, 0.25) is 0 Å². The van der Waals surface area contributed by atoms with Gasteiger partial charge in [0.05, 0.1) is 17.6 Å². The molecule has 2 rings (SSSR count). The molecule has 1 amide bonds. The molecule has 0 saturated carbocycles. The molecule has 130 valence electrons. The van der Waals surface area contributed by atoms with Gasteiger partial charge in [0.25, 0.3) is 11.6 Å². The zero-order valence-electron chi connectivity index (χ0n) is 13.5. The van der Waals surface area contributed by atoms with Crippen LogP contribution in [0.25, 0.3) is 0 Å². The molecule has 0 unspecified atom stereocenters. The molecule has 8 nitrogen and oxygen atoms in total. The second-order valence-corrected chi connectivity index (χ2v) is 5.06. The average Bonchev–Trinajstić information content (AvgIpc) is 2.65. The summed E-state index contributed by atoms with van der Waals surface area (Å²) < 4.78 is 4.59. The van der Waals surface area contributed by atoms with Crippen LogP contribution in [0.3, 0.4) is 0 Å². The number of carbonyl (C=O) groups excluding carboxylic acids is 2. The molecule has 25 heavy (non-hydrogen) atoms. The van der Waals surface area contributed by atoms with Crippen molar-refractivity contribution in [3.8, 4) is 0 Å². The topological polar surface area (TPSA) is 111 Å². The monoisotopic (exact) mass is 343 g/mol. The first-order valence-electron chi connectivity index (χ1n) is 7.46. The van der Waals surface area contributed by atoms with Crippen LogP contribution in [0.15, 0.2) is 48.5 Å². The van der Waals surface area contributed by atoms with Gasteiger partial charge in [0, 0.05) is 36.5 Å². The first kappa shape index (κ1) is 17.9. The summed E-state index contributed by atoms with van der Waals surface area (Å²) in [4.78, 5) is 33.4. The third-order valence-corrected chi connectivity index (χ3v) is 3.39. The molecule has 0 fully saturated rings. The molecule has 0 aromatic heterocycles. The molecule has 8 heteroatoms.